The molecule has 0 radical (unpaired) electrons. The average molecular weight is 172 g/mol. The minimum Gasteiger partial charge on any atom is -0.392 e. The highest BCUT2D eigenvalue weighted by molar-refractivity contribution is 4.87. The number of rotatable bonds is 3. The number of aliphatic hydroxyl groups is 1. The van der Waals surface area contributed by atoms with Crippen molar-refractivity contribution in [1.82, 2.24) is 4.90 Å². The van der Waals surface area contributed by atoms with E-state index >= 15 is 0 Å². The summed E-state index contributed by atoms with van der Waals surface area (Å²) in [5.74, 6) is 0. The van der Waals surface area contributed by atoms with E-state index in [0.29, 0.717) is 12.1 Å². The van der Waals surface area contributed by atoms with Gasteiger partial charge in [0.2, 0.25) is 0 Å². The van der Waals surface area contributed by atoms with Gasteiger partial charge in [-0.15, -0.1) is 0 Å². The van der Waals surface area contributed by atoms with Crippen molar-refractivity contribution in [2.75, 3.05) is 13.6 Å². The van der Waals surface area contributed by atoms with Gasteiger partial charge >= 0.3 is 0 Å². The Morgan fingerprint density at radius 1 is 1.58 bits per heavy atom. The second kappa shape index (κ2) is 4.21. The third-order valence-electron chi connectivity index (χ3n) is 2.65. The van der Waals surface area contributed by atoms with Gasteiger partial charge in [-0.3, -0.25) is 4.90 Å². The smallest absolute Gasteiger partial charge is 0.0639 e. The van der Waals surface area contributed by atoms with Crippen LogP contribution in [0.4, 0.5) is 0 Å². The van der Waals surface area contributed by atoms with Gasteiger partial charge in [0, 0.05) is 18.6 Å². The molecule has 72 valence electrons. The van der Waals surface area contributed by atoms with Crippen molar-refractivity contribution < 1.29 is 5.11 Å². The molecule has 3 N–H and O–H groups in total. The van der Waals surface area contributed by atoms with Gasteiger partial charge in [0.25, 0.3) is 0 Å². The molecule has 1 aliphatic rings. The van der Waals surface area contributed by atoms with Crippen LogP contribution in [-0.2, 0) is 0 Å². The minimum absolute atomic E-state index is 0.247. The summed E-state index contributed by atoms with van der Waals surface area (Å²) >= 11 is 0. The topological polar surface area (TPSA) is 49.5 Å². The van der Waals surface area contributed by atoms with Gasteiger partial charge in [0.05, 0.1) is 6.10 Å². The van der Waals surface area contributed by atoms with Crippen LogP contribution in [0.15, 0.2) is 0 Å². The highest BCUT2D eigenvalue weighted by Gasteiger charge is 2.27. The Balaban J connectivity index is 2.35. The van der Waals surface area contributed by atoms with E-state index in [1.54, 1.807) is 0 Å². The molecule has 0 bridgehead atoms. The fraction of sp³-hybridized carbons (Fsp3) is 1.00. The van der Waals surface area contributed by atoms with E-state index in [4.69, 9.17) is 5.73 Å². The van der Waals surface area contributed by atoms with E-state index in [9.17, 15) is 5.11 Å². The van der Waals surface area contributed by atoms with E-state index in [-0.39, 0.29) is 6.10 Å². The van der Waals surface area contributed by atoms with Gasteiger partial charge < -0.3 is 10.8 Å². The number of hydrogen-bond donors (Lipinski definition) is 2. The molecule has 1 rings (SSSR count). The van der Waals surface area contributed by atoms with Crippen molar-refractivity contribution in [3.8, 4) is 0 Å². The zero-order chi connectivity index (χ0) is 9.14. The predicted octanol–water partition coefficient (Wildman–Crippen LogP) is 0.179. The molecular weight excluding hydrogens is 152 g/mol. The standard InChI is InChI=1S/C9H20N2O/c1-7(12)6-11(2)9-5-3-4-8(9)10/h7-9,12H,3-6,10H2,1-2H3. The highest BCUT2D eigenvalue weighted by atomic mass is 16.3. The van der Waals surface area contributed by atoms with Crippen LogP contribution in [0.5, 0.6) is 0 Å². The van der Waals surface area contributed by atoms with Crippen LogP contribution in [0.2, 0.25) is 0 Å². The van der Waals surface area contributed by atoms with E-state index in [1.807, 2.05) is 14.0 Å². The number of hydrogen-bond acceptors (Lipinski definition) is 3. The molecule has 1 fully saturated rings. The second-order valence-electron chi connectivity index (χ2n) is 3.95. The van der Waals surface area contributed by atoms with Gasteiger partial charge in [0.1, 0.15) is 0 Å². The lowest BCUT2D eigenvalue weighted by Crippen LogP contribution is -2.44. The molecule has 0 aromatic heterocycles. The first-order valence-electron chi connectivity index (χ1n) is 4.75. The van der Waals surface area contributed by atoms with Crippen molar-refractivity contribution in [3.05, 3.63) is 0 Å². The van der Waals surface area contributed by atoms with Crippen LogP contribution in [0.3, 0.4) is 0 Å². The van der Waals surface area contributed by atoms with Crippen LogP contribution >= 0.6 is 0 Å². The fourth-order valence-electron chi connectivity index (χ4n) is 2.07. The monoisotopic (exact) mass is 172 g/mol. The summed E-state index contributed by atoms with van der Waals surface area (Å²) in [6, 6.07) is 0.799. The lowest BCUT2D eigenvalue weighted by atomic mass is 10.1. The summed E-state index contributed by atoms with van der Waals surface area (Å²) in [5.41, 5.74) is 5.93. The maximum atomic E-state index is 9.19. The Labute approximate surface area is 74.5 Å². The van der Waals surface area contributed by atoms with E-state index in [1.165, 1.54) is 12.8 Å². The normalized spacial score (nSPS) is 32.8. The third-order valence-corrected chi connectivity index (χ3v) is 2.65. The second-order valence-corrected chi connectivity index (χ2v) is 3.95. The first-order chi connectivity index (χ1) is 5.61. The van der Waals surface area contributed by atoms with Crippen LogP contribution in [0.25, 0.3) is 0 Å². The molecule has 1 saturated carbocycles. The van der Waals surface area contributed by atoms with Gasteiger partial charge in [-0.05, 0) is 26.8 Å². The Morgan fingerprint density at radius 3 is 2.67 bits per heavy atom. The fourth-order valence-corrected chi connectivity index (χ4v) is 2.07. The SMILES string of the molecule is CC(O)CN(C)C1CCCC1N. The molecule has 0 aliphatic heterocycles. The number of likely N-dealkylation sites (N-methyl/N-ethyl adjacent to an activating group) is 1. The number of aliphatic hydroxyl groups excluding tert-OH is 1. The quantitative estimate of drug-likeness (QED) is 0.638. The van der Waals surface area contributed by atoms with Crippen LogP contribution in [0.1, 0.15) is 26.2 Å². The van der Waals surface area contributed by atoms with Gasteiger partial charge in [-0.25, -0.2) is 0 Å². The number of nitrogens with two attached hydrogens (primary N) is 1. The molecular formula is C9H20N2O. The molecule has 3 atom stereocenters. The summed E-state index contributed by atoms with van der Waals surface area (Å²) < 4.78 is 0. The van der Waals surface area contributed by atoms with E-state index in [0.717, 1.165) is 13.0 Å². The third kappa shape index (κ3) is 2.44. The summed E-state index contributed by atoms with van der Waals surface area (Å²) in [7, 11) is 2.04. The van der Waals surface area contributed by atoms with Crippen molar-refractivity contribution in [3.63, 3.8) is 0 Å². The largest absolute Gasteiger partial charge is 0.392 e. The van der Waals surface area contributed by atoms with Crippen molar-refractivity contribution >= 4 is 0 Å². The molecule has 0 saturated heterocycles. The number of nitrogens with zero attached hydrogens (tertiary/aromatic N) is 1. The molecule has 0 amide bonds. The Morgan fingerprint density at radius 2 is 2.25 bits per heavy atom. The maximum Gasteiger partial charge on any atom is 0.0639 e. The minimum atomic E-state index is -0.247. The van der Waals surface area contributed by atoms with Gasteiger partial charge in [-0.1, -0.05) is 6.42 Å². The molecule has 3 heteroatoms. The van der Waals surface area contributed by atoms with E-state index < -0.39 is 0 Å². The molecule has 1 aliphatic carbocycles. The highest BCUT2D eigenvalue weighted by Crippen LogP contribution is 2.21. The summed E-state index contributed by atoms with van der Waals surface area (Å²) in [4.78, 5) is 2.18. The first kappa shape index (κ1) is 9.96. The predicted molar refractivity (Wildman–Crippen MR) is 49.9 cm³/mol. The van der Waals surface area contributed by atoms with Crippen LogP contribution in [-0.4, -0.2) is 41.8 Å². The average Bonchev–Trinajstić information content (AvgIpc) is 2.33. The molecule has 0 aromatic carbocycles. The molecule has 0 aromatic rings. The van der Waals surface area contributed by atoms with Crippen molar-refractivity contribution in [2.24, 2.45) is 5.73 Å². The zero-order valence-corrected chi connectivity index (χ0v) is 8.03. The molecule has 0 heterocycles. The van der Waals surface area contributed by atoms with Crippen molar-refractivity contribution in [1.29, 1.82) is 0 Å². The van der Waals surface area contributed by atoms with Crippen molar-refractivity contribution in [2.45, 2.75) is 44.4 Å². The summed E-state index contributed by atoms with van der Waals surface area (Å²) in [6.07, 6.45) is 3.30. The Hall–Kier alpha value is -0.120. The maximum absolute atomic E-state index is 9.19. The Bertz CT molecular complexity index is 138. The lowest BCUT2D eigenvalue weighted by Gasteiger charge is -2.28. The summed E-state index contributed by atoms with van der Waals surface area (Å²) in [5, 5.41) is 9.19. The zero-order valence-electron chi connectivity index (χ0n) is 8.03. The molecule has 3 unspecified atom stereocenters. The lowest BCUT2D eigenvalue weighted by molar-refractivity contribution is 0.114. The van der Waals surface area contributed by atoms with Gasteiger partial charge in [-0.2, -0.15) is 0 Å². The van der Waals surface area contributed by atoms with E-state index in [2.05, 4.69) is 4.90 Å². The first-order valence-corrected chi connectivity index (χ1v) is 4.75. The Kier molecular flexibility index (Phi) is 3.50. The molecule has 0 spiro atoms. The van der Waals surface area contributed by atoms with Crippen LogP contribution < -0.4 is 5.73 Å². The molecule has 3 nitrogen and oxygen atoms in total. The summed E-state index contributed by atoms with van der Waals surface area (Å²) in [6.45, 7) is 2.55. The van der Waals surface area contributed by atoms with Crippen LogP contribution in [0, 0.1) is 0 Å². The molecule has 12 heavy (non-hydrogen) atoms. The van der Waals surface area contributed by atoms with Gasteiger partial charge in [0.15, 0.2) is 0 Å².